The van der Waals surface area contributed by atoms with E-state index >= 15 is 0 Å². The molecular weight excluding hydrogens is 304 g/mol. The summed E-state index contributed by atoms with van der Waals surface area (Å²) in [7, 11) is -4.16. The van der Waals surface area contributed by atoms with Crippen LogP contribution >= 0.6 is 0 Å². The number of halogens is 2. The third kappa shape index (κ3) is 2.53. The molecule has 0 heterocycles. The molecule has 2 rings (SSSR count). The average molecular weight is 319 g/mol. The monoisotopic (exact) mass is 319 g/mol. The molecule has 0 bridgehead atoms. The molecule has 0 aromatic heterocycles. The van der Waals surface area contributed by atoms with Gasteiger partial charge in [-0.2, -0.15) is 0 Å². The summed E-state index contributed by atoms with van der Waals surface area (Å²) >= 11 is 0. The van der Waals surface area contributed by atoms with Crippen molar-refractivity contribution in [1.29, 1.82) is 0 Å². The van der Waals surface area contributed by atoms with Crippen molar-refractivity contribution in [1.82, 2.24) is 4.72 Å². The van der Waals surface area contributed by atoms with Gasteiger partial charge in [0.15, 0.2) is 0 Å². The second-order valence-electron chi connectivity index (χ2n) is 5.55. The van der Waals surface area contributed by atoms with Crippen LogP contribution in [0.25, 0.3) is 0 Å². The number of sulfonamides is 1. The van der Waals surface area contributed by atoms with Gasteiger partial charge >= 0.3 is 5.97 Å². The summed E-state index contributed by atoms with van der Waals surface area (Å²) in [5, 5.41) is 8.97. The number of hydrogen-bond acceptors (Lipinski definition) is 3. The van der Waals surface area contributed by atoms with Crippen LogP contribution in [0.15, 0.2) is 29.2 Å². The predicted octanol–water partition coefficient (Wildman–Crippen LogP) is 1.95. The highest BCUT2D eigenvalue weighted by atomic mass is 32.2. The lowest BCUT2D eigenvalue weighted by Gasteiger charge is -2.09. The van der Waals surface area contributed by atoms with Crippen molar-refractivity contribution in [2.45, 2.75) is 24.7 Å². The largest absolute Gasteiger partial charge is 0.478 e. The molecule has 0 saturated heterocycles. The van der Waals surface area contributed by atoms with Crippen molar-refractivity contribution in [3.63, 3.8) is 0 Å². The van der Waals surface area contributed by atoms with Crippen LogP contribution in [-0.4, -0.2) is 32.0 Å². The number of alkyl halides is 2. The number of aromatic carboxylic acids is 1. The average Bonchev–Trinajstić information content (AvgIpc) is 2.77. The van der Waals surface area contributed by atoms with Gasteiger partial charge in [-0.25, -0.2) is 26.7 Å². The first-order valence-corrected chi connectivity index (χ1v) is 7.70. The quantitative estimate of drug-likeness (QED) is 0.869. The normalized spacial score (nSPS) is 22.8. The first kappa shape index (κ1) is 15.8. The van der Waals surface area contributed by atoms with E-state index in [4.69, 9.17) is 5.11 Å². The van der Waals surface area contributed by atoms with Crippen molar-refractivity contribution in [2.75, 3.05) is 6.54 Å². The zero-order valence-electron chi connectivity index (χ0n) is 11.4. The number of carboxylic acid groups (broad SMARTS) is 1. The van der Waals surface area contributed by atoms with Gasteiger partial charge in [-0.05, 0) is 12.1 Å². The molecule has 2 N–H and O–H groups in total. The highest BCUT2D eigenvalue weighted by Crippen LogP contribution is 2.65. The van der Waals surface area contributed by atoms with Crippen LogP contribution in [0, 0.1) is 11.3 Å². The molecule has 1 atom stereocenters. The number of nitrogens with one attached hydrogen (secondary N) is 1. The Morgan fingerprint density at radius 1 is 1.33 bits per heavy atom. The fourth-order valence-corrected chi connectivity index (χ4v) is 3.53. The number of benzene rings is 1. The Hall–Kier alpha value is -1.54. The summed E-state index contributed by atoms with van der Waals surface area (Å²) in [5.74, 6) is -5.42. The summed E-state index contributed by atoms with van der Waals surface area (Å²) in [4.78, 5) is 10.6. The Kier molecular flexibility index (Phi) is 3.57. The minimum atomic E-state index is -4.16. The Bertz CT molecular complexity index is 671. The highest BCUT2D eigenvalue weighted by Gasteiger charge is 2.74. The van der Waals surface area contributed by atoms with Gasteiger partial charge < -0.3 is 5.11 Å². The molecule has 1 aliphatic carbocycles. The van der Waals surface area contributed by atoms with Crippen molar-refractivity contribution >= 4 is 16.0 Å². The molecule has 116 valence electrons. The van der Waals surface area contributed by atoms with Gasteiger partial charge in [0.05, 0.1) is 10.5 Å². The lowest BCUT2D eigenvalue weighted by molar-refractivity contribution is 0.0668. The van der Waals surface area contributed by atoms with Gasteiger partial charge in [0.1, 0.15) is 0 Å². The standard InChI is InChI=1S/C13H15F2NO4S/c1-12(2)10(13(12,14)15)7-16-21(19,20)9-6-4-3-5-8(9)11(17)18/h3-6,10,16H,7H2,1-2H3,(H,17,18). The summed E-state index contributed by atoms with van der Waals surface area (Å²) in [6, 6.07) is 5.03. The van der Waals surface area contributed by atoms with Crippen molar-refractivity contribution in [3.05, 3.63) is 29.8 Å². The first-order chi connectivity index (χ1) is 9.52. The second-order valence-corrected chi connectivity index (χ2v) is 7.29. The molecule has 1 aliphatic rings. The number of rotatable bonds is 5. The predicted molar refractivity (Wildman–Crippen MR) is 70.8 cm³/mol. The van der Waals surface area contributed by atoms with Crippen LogP contribution < -0.4 is 4.72 Å². The minimum Gasteiger partial charge on any atom is -0.478 e. The molecule has 1 fully saturated rings. The molecule has 1 saturated carbocycles. The van der Waals surface area contributed by atoms with E-state index in [1.165, 1.54) is 26.0 Å². The summed E-state index contributed by atoms with van der Waals surface area (Å²) in [5.41, 5.74) is -1.66. The summed E-state index contributed by atoms with van der Waals surface area (Å²) < 4.78 is 53.1. The van der Waals surface area contributed by atoms with E-state index in [9.17, 15) is 22.0 Å². The molecule has 21 heavy (non-hydrogen) atoms. The van der Waals surface area contributed by atoms with Gasteiger partial charge in [-0.15, -0.1) is 0 Å². The SMILES string of the molecule is CC1(C)C(CNS(=O)(=O)c2ccccc2C(=O)O)C1(F)F. The van der Waals surface area contributed by atoms with E-state index in [-0.39, 0.29) is 0 Å². The van der Waals surface area contributed by atoms with Crippen molar-refractivity contribution < 1.29 is 27.1 Å². The minimum absolute atomic E-state index is 0.396. The van der Waals surface area contributed by atoms with Crippen LogP contribution in [0.2, 0.25) is 0 Å². The van der Waals surface area contributed by atoms with E-state index < -0.39 is 50.3 Å². The fourth-order valence-electron chi connectivity index (χ4n) is 2.29. The molecule has 1 aromatic rings. The van der Waals surface area contributed by atoms with E-state index in [2.05, 4.69) is 4.72 Å². The van der Waals surface area contributed by atoms with Gasteiger partial charge in [0.25, 0.3) is 5.92 Å². The van der Waals surface area contributed by atoms with Crippen LogP contribution in [0.5, 0.6) is 0 Å². The number of carbonyl (C=O) groups is 1. The lowest BCUT2D eigenvalue weighted by atomic mass is 10.1. The lowest BCUT2D eigenvalue weighted by Crippen LogP contribution is -2.28. The Balaban J connectivity index is 2.20. The molecule has 1 aromatic carbocycles. The van der Waals surface area contributed by atoms with Crippen LogP contribution in [0.4, 0.5) is 8.78 Å². The zero-order chi connectivity index (χ0) is 16.1. The molecule has 0 aliphatic heterocycles. The molecule has 1 unspecified atom stereocenters. The molecule has 0 spiro atoms. The number of hydrogen-bond donors (Lipinski definition) is 2. The third-order valence-electron chi connectivity index (χ3n) is 3.97. The third-order valence-corrected chi connectivity index (χ3v) is 5.45. The zero-order valence-corrected chi connectivity index (χ0v) is 12.2. The Morgan fingerprint density at radius 3 is 2.33 bits per heavy atom. The van der Waals surface area contributed by atoms with E-state index in [1.54, 1.807) is 0 Å². The van der Waals surface area contributed by atoms with E-state index in [0.29, 0.717) is 0 Å². The topological polar surface area (TPSA) is 83.5 Å². The highest BCUT2D eigenvalue weighted by molar-refractivity contribution is 7.89. The molecular formula is C13H15F2NO4S. The Labute approximate surface area is 121 Å². The van der Waals surface area contributed by atoms with Crippen LogP contribution in [-0.2, 0) is 10.0 Å². The number of carboxylic acids is 1. The molecule has 8 heteroatoms. The van der Waals surface area contributed by atoms with Gasteiger partial charge in [-0.3, -0.25) is 0 Å². The maximum atomic E-state index is 13.4. The summed E-state index contributed by atoms with van der Waals surface area (Å²) in [6.07, 6.45) is 0. The molecule has 0 radical (unpaired) electrons. The smallest absolute Gasteiger partial charge is 0.337 e. The summed E-state index contributed by atoms with van der Waals surface area (Å²) in [6.45, 7) is 2.28. The molecule has 0 amide bonds. The fraction of sp³-hybridized carbons (Fsp3) is 0.462. The first-order valence-electron chi connectivity index (χ1n) is 6.21. The van der Waals surface area contributed by atoms with Crippen LogP contribution in [0.3, 0.4) is 0 Å². The maximum Gasteiger partial charge on any atom is 0.337 e. The second kappa shape index (κ2) is 4.74. The van der Waals surface area contributed by atoms with Crippen molar-refractivity contribution in [2.24, 2.45) is 11.3 Å². The maximum absolute atomic E-state index is 13.4. The van der Waals surface area contributed by atoms with Crippen LogP contribution in [0.1, 0.15) is 24.2 Å². The van der Waals surface area contributed by atoms with Crippen molar-refractivity contribution in [3.8, 4) is 0 Å². The van der Waals surface area contributed by atoms with E-state index in [1.807, 2.05) is 0 Å². The van der Waals surface area contributed by atoms with E-state index in [0.717, 1.165) is 12.1 Å². The Morgan fingerprint density at radius 2 is 1.86 bits per heavy atom. The van der Waals surface area contributed by atoms with Gasteiger partial charge in [0, 0.05) is 17.9 Å². The van der Waals surface area contributed by atoms with Gasteiger partial charge in [0.2, 0.25) is 10.0 Å². The molecule has 5 nitrogen and oxygen atoms in total. The van der Waals surface area contributed by atoms with Gasteiger partial charge in [-0.1, -0.05) is 26.0 Å².